The number of hydrogen-bond donors (Lipinski definition) is 1. The first-order chi connectivity index (χ1) is 11.2. The van der Waals surface area contributed by atoms with Crippen molar-refractivity contribution in [2.45, 2.75) is 31.1 Å². The summed E-state index contributed by atoms with van der Waals surface area (Å²) in [5, 5.41) is 0. The fourth-order valence-corrected chi connectivity index (χ4v) is 3.85. The van der Waals surface area contributed by atoms with Crippen molar-refractivity contribution in [2.24, 2.45) is 0 Å². The lowest BCUT2D eigenvalue weighted by molar-refractivity contribution is 0.330. The molecule has 23 heavy (non-hydrogen) atoms. The van der Waals surface area contributed by atoms with Gasteiger partial charge in [-0.2, -0.15) is 4.98 Å². The average Bonchev–Trinajstić information content (AvgIpc) is 2.92. The van der Waals surface area contributed by atoms with Crippen LogP contribution in [0.25, 0.3) is 0 Å². The van der Waals surface area contributed by atoms with Crippen molar-refractivity contribution in [3.63, 3.8) is 0 Å². The molecule has 2 aliphatic rings. The van der Waals surface area contributed by atoms with E-state index < -0.39 is 0 Å². The molecular weight excluding hydrogens is 292 g/mol. The van der Waals surface area contributed by atoms with Gasteiger partial charge in [-0.15, -0.1) is 0 Å². The maximum atomic E-state index is 5.83. The van der Waals surface area contributed by atoms with Crippen molar-refractivity contribution in [3.8, 4) is 5.88 Å². The van der Waals surface area contributed by atoms with Crippen molar-refractivity contribution < 1.29 is 4.74 Å². The van der Waals surface area contributed by atoms with Gasteiger partial charge >= 0.3 is 0 Å². The molecule has 0 radical (unpaired) electrons. The van der Waals surface area contributed by atoms with Crippen LogP contribution in [0, 0.1) is 0 Å². The van der Waals surface area contributed by atoms with Crippen LogP contribution in [0.4, 0.5) is 11.9 Å². The number of rotatable bonds is 2. The zero-order valence-corrected chi connectivity index (χ0v) is 13.2. The Balaban J connectivity index is 1.67. The molecule has 1 aliphatic carbocycles. The van der Waals surface area contributed by atoms with Gasteiger partial charge in [-0.25, -0.2) is 15.0 Å². The molecule has 7 heteroatoms. The van der Waals surface area contributed by atoms with Crippen molar-refractivity contribution in [1.82, 2.24) is 19.9 Å². The van der Waals surface area contributed by atoms with Crippen LogP contribution in [-0.4, -0.2) is 40.1 Å². The van der Waals surface area contributed by atoms with E-state index >= 15 is 0 Å². The highest BCUT2D eigenvalue weighted by molar-refractivity contribution is 5.42. The largest absolute Gasteiger partial charge is 0.481 e. The van der Waals surface area contributed by atoms with Crippen LogP contribution < -0.4 is 15.4 Å². The number of methoxy groups -OCH3 is 1. The second-order valence-corrected chi connectivity index (χ2v) is 6.31. The lowest BCUT2D eigenvalue weighted by Crippen LogP contribution is -2.46. The summed E-state index contributed by atoms with van der Waals surface area (Å²) in [5.74, 6) is 1.67. The van der Waals surface area contributed by atoms with E-state index in [1.807, 2.05) is 6.20 Å². The van der Waals surface area contributed by atoms with Crippen LogP contribution in [0.15, 0.2) is 18.5 Å². The Morgan fingerprint density at radius 3 is 3.04 bits per heavy atom. The topological polar surface area (TPSA) is 90.0 Å². The molecule has 1 fully saturated rings. The van der Waals surface area contributed by atoms with E-state index in [2.05, 4.69) is 24.8 Å². The van der Waals surface area contributed by atoms with E-state index in [9.17, 15) is 0 Å². The van der Waals surface area contributed by atoms with Gasteiger partial charge in [-0.1, -0.05) is 0 Å². The van der Waals surface area contributed by atoms with Gasteiger partial charge < -0.3 is 15.4 Å². The molecule has 0 saturated carbocycles. The van der Waals surface area contributed by atoms with E-state index in [0.29, 0.717) is 11.8 Å². The summed E-state index contributed by atoms with van der Waals surface area (Å²) in [6.07, 6.45) is 7.93. The predicted octanol–water partition coefficient (Wildman–Crippen LogP) is 1.34. The number of nitrogens with zero attached hydrogens (tertiary/aromatic N) is 5. The van der Waals surface area contributed by atoms with E-state index in [4.69, 9.17) is 10.5 Å². The van der Waals surface area contributed by atoms with Gasteiger partial charge in [-0.05, 0) is 31.2 Å². The number of aromatic nitrogens is 4. The number of fused-ring (bicyclic) bond motifs is 2. The second kappa shape index (κ2) is 5.33. The van der Waals surface area contributed by atoms with Crippen molar-refractivity contribution in [2.75, 3.05) is 30.8 Å². The van der Waals surface area contributed by atoms with Crippen LogP contribution in [0.2, 0.25) is 0 Å². The fraction of sp³-hybridized carbons (Fsp3) is 0.500. The number of nitrogens with two attached hydrogens (primary N) is 1. The maximum Gasteiger partial charge on any atom is 0.228 e. The van der Waals surface area contributed by atoms with Crippen molar-refractivity contribution >= 4 is 11.9 Å². The van der Waals surface area contributed by atoms with E-state index in [-0.39, 0.29) is 5.41 Å². The normalized spacial score (nSPS) is 23.1. The van der Waals surface area contributed by atoms with Gasteiger partial charge in [0, 0.05) is 37.0 Å². The Labute approximate surface area is 134 Å². The van der Waals surface area contributed by atoms with Crippen LogP contribution >= 0.6 is 0 Å². The van der Waals surface area contributed by atoms with E-state index in [1.165, 1.54) is 5.56 Å². The highest BCUT2D eigenvalue weighted by Crippen LogP contribution is 2.44. The molecule has 2 aromatic heterocycles. The van der Waals surface area contributed by atoms with Crippen LogP contribution in [0.5, 0.6) is 5.88 Å². The summed E-state index contributed by atoms with van der Waals surface area (Å²) < 4.78 is 5.22. The van der Waals surface area contributed by atoms with Gasteiger partial charge in [0.25, 0.3) is 0 Å². The first-order valence-electron chi connectivity index (χ1n) is 7.94. The number of piperidine rings is 1. The van der Waals surface area contributed by atoms with E-state index in [0.717, 1.165) is 50.4 Å². The van der Waals surface area contributed by atoms with Crippen molar-refractivity contribution in [1.29, 1.82) is 0 Å². The first kappa shape index (κ1) is 14.2. The van der Waals surface area contributed by atoms with Gasteiger partial charge in [0.05, 0.1) is 12.8 Å². The molecule has 0 amide bonds. The third-order valence-corrected chi connectivity index (χ3v) is 4.94. The molecule has 2 N–H and O–H groups in total. The summed E-state index contributed by atoms with van der Waals surface area (Å²) in [5.41, 5.74) is 8.22. The number of ether oxygens (including phenoxy) is 1. The minimum atomic E-state index is 0.0388. The monoisotopic (exact) mass is 312 g/mol. The average molecular weight is 312 g/mol. The van der Waals surface area contributed by atoms with E-state index in [1.54, 1.807) is 19.4 Å². The molecule has 1 unspecified atom stereocenters. The summed E-state index contributed by atoms with van der Waals surface area (Å²) >= 11 is 0. The third-order valence-electron chi connectivity index (χ3n) is 4.94. The second-order valence-electron chi connectivity index (χ2n) is 6.31. The number of nitrogen functional groups attached to an aromatic ring is 1. The zero-order valence-electron chi connectivity index (χ0n) is 13.2. The molecule has 4 rings (SSSR count). The summed E-state index contributed by atoms with van der Waals surface area (Å²) in [6, 6.07) is 1.77. The zero-order chi connectivity index (χ0) is 15.9. The van der Waals surface area contributed by atoms with Gasteiger partial charge in [-0.3, -0.25) is 0 Å². The summed E-state index contributed by atoms with van der Waals surface area (Å²) in [7, 11) is 1.62. The molecule has 1 saturated heterocycles. The first-order valence-corrected chi connectivity index (χ1v) is 7.94. The molecule has 3 heterocycles. The molecule has 1 spiro atoms. The Kier molecular flexibility index (Phi) is 3.28. The maximum absolute atomic E-state index is 5.83. The molecule has 1 aliphatic heterocycles. The molecule has 120 valence electrons. The molecule has 0 bridgehead atoms. The molecule has 0 aromatic carbocycles. The quantitative estimate of drug-likeness (QED) is 0.895. The molecule has 2 aromatic rings. The van der Waals surface area contributed by atoms with Crippen LogP contribution in [0.3, 0.4) is 0 Å². The number of aryl methyl sites for hydroxylation is 1. The lowest BCUT2D eigenvalue weighted by Gasteiger charge is -2.40. The SMILES string of the molecule is COc1ccnc(N2CCCC3(CCc4cnc(N)nc43)C2)n1. The Morgan fingerprint density at radius 1 is 1.26 bits per heavy atom. The third kappa shape index (κ3) is 2.36. The van der Waals surface area contributed by atoms with Crippen LogP contribution in [-0.2, 0) is 11.8 Å². The Bertz CT molecular complexity index is 732. The number of hydrogen-bond acceptors (Lipinski definition) is 7. The van der Waals surface area contributed by atoms with Gasteiger partial charge in [0.2, 0.25) is 17.8 Å². The summed E-state index contributed by atoms with van der Waals surface area (Å²) in [6.45, 7) is 1.81. The van der Waals surface area contributed by atoms with Crippen LogP contribution in [0.1, 0.15) is 30.5 Å². The Hall–Kier alpha value is -2.44. The Morgan fingerprint density at radius 2 is 2.17 bits per heavy atom. The minimum Gasteiger partial charge on any atom is -0.481 e. The van der Waals surface area contributed by atoms with Gasteiger partial charge in [0.15, 0.2) is 0 Å². The molecule has 1 atom stereocenters. The van der Waals surface area contributed by atoms with Crippen molar-refractivity contribution in [3.05, 3.63) is 29.7 Å². The number of anilines is 2. The summed E-state index contributed by atoms with van der Waals surface area (Å²) in [4.78, 5) is 19.8. The molecular formula is C16H20N6O. The standard InChI is InChI=1S/C16H20N6O/c1-23-12-4-7-18-15(20-12)22-8-2-5-16(10-22)6-3-11-9-19-14(17)21-13(11)16/h4,7,9H,2-3,5-6,8,10H2,1H3,(H2,17,19,21). The fourth-order valence-electron chi connectivity index (χ4n) is 3.85. The lowest BCUT2D eigenvalue weighted by atomic mass is 9.77. The van der Waals surface area contributed by atoms with Gasteiger partial charge in [0.1, 0.15) is 0 Å². The smallest absolute Gasteiger partial charge is 0.228 e. The minimum absolute atomic E-state index is 0.0388. The highest BCUT2D eigenvalue weighted by atomic mass is 16.5. The molecule has 7 nitrogen and oxygen atoms in total. The predicted molar refractivity (Wildman–Crippen MR) is 86.5 cm³/mol. The highest BCUT2D eigenvalue weighted by Gasteiger charge is 2.44.